The number of primary sulfonamides is 1. The maximum absolute atomic E-state index is 12.7. The van der Waals surface area contributed by atoms with Crippen molar-refractivity contribution in [2.75, 3.05) is 4.72 Å². The van der Waals surface area contributed by atoms with Gasteiger partial charge in [-0.1, -0.05) is 0 Å². The smallest absolute Gasteiger partial charge is 0.408 e. The Morgan fingerprint density at radius 3 is 2.27 bits per heavy atom. The van der Waals surface area contributed by atoms with Crippen molar-refractivity contribution in [3.63, 3.8) is 0 Å². The van der Waals surface area contributed by atoms with Gasteiger partial charge in [0.2, 0.25) is 10.0 Å². The van der Waals surface area contributed by atoms with Crippen molar-refractivity contribution in [3.05, 3.63) is 52.5 Å². The van der Waals surface area contributed by atoms with Gasteiger partial charge in [-0.05, 0) is 42.8 Å². The number of anilines is 1. The van der Waals surface area contributed by atoms with Crippen LogP contribution in [0.25, 0.3) is 11.1 Å². The van der Waals surface area contributed by atoms with Crippen molar-refractivity contribution in [2.24, 2.45) is 12.2 Å². The van der Waals surface area contributed by atoms with E-state index < -0.39 is 25.8 Å². The van der Waals surface area contributed by atoms with Gasteiger partial charge >= 0.3 is 5.76 Å². The van der Waals surface area contributed by atoms with Crippen LogP contribution in [0.2, 0.25) is 0 Å². The highest BCUT2D eigenvalue weighted by molar-refractivity contribution is 7.92. The molecule has 3 rings (SSSR count). The summed E-state index contributed by atoms with van der Waals surface area (Å²) < 4.78 is 56.5. The van der Waals surface area contributed by atoms with Gasteiger partial charge in [-0.3, -0.25) is 9.29 Å². The summed E-state index contributed by atoms with van der Waals surface area (Å²) in [6, 6.07) is 7.77. The lowest BCUT2D eigenvalue weighted by Gasteiger charge is -2.11. The predicted octanol–water partition coefficient (Wildman–Crippen LogP) is 0.888. The summed E-state index contributed by atoms with van der Waals surface area (Å²) in [4.78, 5) is 11.4. The summed E-state index contributed by atoms with van der Waals surface area (Å²) in [5.41, 5.74) is 1.20. The summed E-state index contributed by atoms with van der Waals surface area (Å²) in [7, 11) is -6.34. The van der Waals surface area contributed by atoms with Gasteiger partial charge in [0.05, 0.1) is 15.3 Å². The van der Waals surface area contributed by atoms with Crippen LogP contribution in [-0.4, -0.2) is 21.4 Å². The van der Waals surface area contributed by atoms with Gasteiger partial charge in [0, 0.05) is 18.8 Å². The Morgan fingerprint density at radius 2 is 1.69 bits per heavy atom. The molecule has 0 bridgehead atoms. The van der Waals surface area contributed by atoms with E-state index in [9.17, 15) is 21.6 Å². The zero-order chi connectivity index (χ0) is 19.3. The second-order valence-corrected chi connectivity index (χ2v) is 8.90. The Kier molecular flexibility index (Phi) is 4.17. The Labute approximate surface area is 149 Å². The van der Waals surface area contributed by atoms with Gasteiger partial charge in [0.25, 0.3) is 10.0 Å². The first kappa shape index (κ1) is 18.2. The van der Waals surface area contributed by atoms with Crippen LogP contribution in [0.4, 0.5) is 5.69 Å². The molecule has 1 heterocycles. The maximum atomic E-state index is 12.7. The van der Waals surface area contributed by atoms with Crippen molar-refractivity contribution in [1.82, 2.24) is 4.57 Å². The average Bonchev–Trinajstić information content (AvgIpc) is 2.80. The molecule has 9 nitrogen and oxygen atoms in total. The number of oxazole rings is 1. The van der Waals surface area contributed by atoms with Gasteiger partial charge in [0.15, 0.2) is 5.58 Å². The summed E-state index contributed by atoms with van der Waals surface area (Å²) in [5, 5.41) is 5.01. The van der Waals surface area contributed by atoms with Crippen LogP contribution in [0.3, 0.4) is 0 Å². The molecule has 0 fully saturated rings. The van der Waals surface area contributed by atoms with Gasteiger partial charge in [-0.25, -0.2) is 26.8 Å². The Balaban J connectivity index is 2.02. The minimum Gasteiger partial charge on any atom is -0.408 e. The zero-order valence-corrected chi connectivity index (χ0v) is 15.4. The molecule has 1 aromatic heterocycles. The summed E-state index contributed by atoms with van der Waals surface area (Å²) in [5.74, 6) is -0.597. The lowest BCUT2D eigenvalue weighted by atomic mass is 10.2. The third-order valence-corrected chi connectivity index (χ3v) is 6.27. The molecule has 26 heavy (non-hydrogen) atoms. The van der Waals surface area contributed by atoms with E-state index in [0.29, 0.717) is 11.1 Å². The number of aromatic nitrogens is 1. The molecule has 0 aliphatic carbocycles. The fourth-order valence-corrected chi connectivity index (χ4v) is 4.29. The molecule has 0 unspecified atom stereocenters. The molecule has 3 aromatic rings. The van der Waals surface area contributed by atoms with Crippen LogP contribution >= 0.6 is 0 Å². The SMILES string of the molecule is Cc1cc2c(cc1S(=O)(=O)Nc1ccc(S(N)(=O)=O)cc1)oc(=O)n2C. The number of nitrogens with two attached hydrogens (primary N) is 1. The van der Waals surface area contributed by atoms with Crippen LogP contribution < -0.4 is 15.6 Å². The molecule has 0 aliphatic rings. The topological polar surface area (TPSA) is 141 Å². The largest absolute Gasteiger partial charge is 0.419 e. The monoisotopic (exact) mass is 397 g/mol. The first-order valence-electron chi connectivity index (χ1n) is 7.25. The Hall–Kier alpha value is -2.63. The van der Waals surface area contributed by atoms with E-state index in [0.717, 1.165) is 0 Å². The molecule has 2 aromatic carbocycles. The molecular weight excluding hydrogens is 382 g/mol. The van der Waals surface area contributed by atoms with Crippen LogP contribution in [0.5, 0.6) is 0 Å². The third kappa shape index (κ3) is 3.23. The van der Waals surface area contributed by atoms with Crippen molar-refractivity contribution in [1.29, 1.82) is 0 Å². The standard InChI is InChI=1S/C15H15N3O6S2/c1-9-7-12-13(24-15(19)18(12)2)8-14(9)26(22,23)17-10-3-5-11(6-4-10)25(16,20)21/h3-8,17H,1-2H3,(H2,16,20,21). The highest BCUT2D eigenvalue weighted by Gasteiger charge is 2.20. The molecule has 0 saturated heterocycles. The van der Waals surface area contributed by atoms with Gasteiger partial charge < -0.3 is 4.42 Å². The number of aryl methyl sites for hydroxylation is 2. The van der Waals surface area contributed by atoms with E-state index >= 15 is 0 Å². The second-order valence-electron chi connectivity index (χ2n) is 5.69. The van der Waals surface area contributed by atoms with E-state index in [1.807, 2.05) is 0 Å². The number of rotatable bonds is 4. The molecule has 3 N–H and O–H groups in total. The quantitative estimate of drug-likeness (QED) is 0.669. The van der Waals surface area contributed by atoms with Gasteiger partial charge in [0.1, 0.15) is 0 Å². The number of nitrogens with one attached hydrogen (secondary N) is 1. The minimum absolute atomic E-state index is 0.0603. The van der Waals surface area contributed by atoms with Crippen molar-refractivity contribution < 1.29 is 21.3 Å². The van der Waals surface area contributed by atoms with E-state index in [1.165, 1.54) is 41.9 Å². The number of benzene rings is 2. The van der Waals surface area contributed by atoms with Crippen molar-refractivity contribution in [2.45, 2.75) is 16.7 Å². The molecule has 0 saturated carbocycles. The van der Waals surface area contributed by atoms with Crippen molar-refractivity contribution in [3.8, 4) is 0 Å². The Morgan fingerprint density at radius 1 is 1.08 bits per heavy atom. The number of sulfonamides is 2. The first-order chi connectivity index (χ1) is 12.0. The number of fused-ring (bicyclic) bond motifs is 1. The fraction of sp³-hybridized carbons (Fsp3) is 0.133. The normalized spacial score (nSPS) is 12.4. The average molecular weight is 397 g/mol. The molecule has 11 heteroatoms. The summed E-state index contributed by atoms with van der Waals surface area (Å²) >= 11 is 0. The molecule has 0 amide bonds. The maximum Gasteiger partial charge on any atom is 0.419 e. The zero-order valence-electron chi connectivity index (χ0n) is 13.8. The van der Waals surface area contributed by atoms with Gasteiger partial charge in [-0.15, -0.1) is 0 Å². The summed E-state index contributed by atoms with van der Waals surface area (Å²) in [6.07, 6.45) is 0. The van der Waals surface area contributed by atoms with E-state index in [1.54, 1.807) is 13.0 Å². The molecule has 0 atom stereocenters. The third-order valence-electron chi connectivity index (χ3n) is 3.81. The molecule has 0 spiro atoms. The van der Waals surface area contributed by atoms with Crippen LogP contribution in [0.1, 0.15) is 5.56 Å². The highest BCUT2D eigenvalue weighted by Crippen LogP contribution is 2.25. The molecule has 138 valence electrons. The van der Waals surface area contributed by atoms with Crippen LogP contribution in [0, 0.1) is 6.92 Å². The molecule has 0 aliphatic heterocycles. The minimum atomic E-state index is -3.99. The molecule has 0 radical (unpaired) electrons. The lowest BCUT2D eigenvalue weighted by molar-refractivity contribution is 0.527. The van der Waals surface area contributed by atoms with Crippen LogP contribution in [-0.2, 0) is 27.1 Å². The first-order valence-corrected chi connectivity index (χ1v) is 10.3. The fourth-order valence-electron chi connectivity index (χ4n) is 2.47. The van der Waals surface area contributed by atoms with Gasteiger partial charge in [-0.2, -0.15) is 0 Å². The Bertz CT molecular complexity index is 1270. The van der Waals surface area contributed by atoms with Crippen molar-refractivity contribution >= 4 is 36.8 Å². The number of hydrogen-bond donors (Lipinski definition) is 2. The molecular formula is C15H15N3O6S2. The predicted molar refractivity (Wildman–Crippen MR) is 94.8 cm³/mol. The van der Waals surface area contributed by atoms with E-state index in [4.69, 9.17) is 9.56 Å². The number of nitrogens with zero attached hydrogens (tertiary/aromatic N) is 1. The number of hydrogen-bond acceptors (Lipinski definition) is 6. The van der Waals surface area contributed by atoms with E-state index in [-0.39, 0.29) is 21.1 Å². The van der Waals surface area contributed by atoms with Crippen LogP contribution in [0.15, 0.2) is 55.4 Å². The summed E-state index contributed by atoms with van der Waals surface area (Å²) in [6.45, 7) is 1.59. The van der Waals surface area contributed by atoms with E-state index in [2.05, 4.69) is 4.72 Å². The second kappa shape index (κ2) is 5.97. The lowest BCUT2D eigenvalue weighted by Crippen LogP contribution is -2.15. The highest BCUT2D eigenvalue weighted by atomic mass is 32.2.